The molecule has 0 aromatic heterocycles. The van der Waals surface area contributed by atoms with Crippen molar-refractivity contribution in [3.8, 4) is 0 Å². The van der Waals surface area contributed by atoms with Crippen molar-refractivity contribution in [1.82, 2.24) is 5.32 Å². The Bertz CT molecular complexity index is 371. The molecule has 1 rings (SSSR count). The molecule has 0 fully saturated rings. The Balaban J connectivity index is 2.69. The molecule has 0 radical (unpaired) electrons. The summed E-state index contributed by atoms with van der Waals surface area (Å²) in [5.41, 5.74) is 2.50. The van der Waals surface area contributed by atoms with Crippen molar-refractivity contribution in [3.05, 3.63) is 41.2 Å². The summed E-state index contributed by atoms with van der Waals surface area (Å²) in [6, 6.07) is 6.61. The SMILES string of the molecule is CCC(=Cc1ccc(F)cc1)CNC(C)(C)C. The van der Waals surface area contributed by atoms with Crippen LogP contribution < -0.4 is 5.32 Å². The minimum Gasteiger partial charge on any atom is -0.308 e. The average Bonchev–Trinajstić information content (AvgIpc) is 2.25. The first-order valence-corrected chi connectivity index (χ1v) is 6.11. The summed E-state index contributed by atoms with van der Waals surface area (Å²) in [5, 5.41) is 3.46. The van der Waals surface area contributed by atoms with Gasteiger partial charge in [0.2, 0.25) is 0 Å². The second kappa shape index (κ2) is 5.97. The molecule has 1 N–H and O–H groups in total. The Hall–Kier alpha value is -1.15. The first kappa shape index (κ1) is 13.9. The number of nitrogens with one attached hydrogen (secondary N) is 1. The van der Waals surface area contributed by atoms with Gasteiger partial charge < -0.3 is 5.32 Å². The number of hydrogen-bond acceptors (Lipinski definition) is 1. The van der Waals surface area contributed by atoms with E-state index in [0.717, 1.165) is 18.5 Å². The Morgan fingerprint density at radius 3 is 2.29 bits per heavy atom. The maximum absolute atomic E-state index is 12.8. The summed E-state index contributed by atoms with van der Waals surface area (Å²) in [5.74, 6) is -0.187. The van der Waals surface area contributed by atoms with E-state index in [9.17, 15) is 4.39 Å². The lowest BCUT2D eigenvalue weighted by atomic mass is 10.1. The van der Waals surface area contributed by atoms with Gasteiger partial charge in [0.15, 0.2) is 0 Å². The van der Waals surface area contributed by atoms with Crippen LogP contribution >= 0.6 is 0 Å². The largest absolute Gasteiger partial charge is 0.308 e. The van der Waals surface area contributed by atoms with Gasteiger partial charge in [0.1, 0.15) is 5.82 Å². The number of hydrogen-bond donors (Lipinski definition) is 1. The number of benzene rings is 1. The molecule has 0 saturated carbocycles. The first-order chi connectivity index (χ1) is 7.90. The fourth-order valence-corrected chi connectivity index (χ4v) is 1.45. The van der Waals surface area contributed by atoms with Crippen LogP contribution in [0.4, 0.5) is 4.39 Å². The topological polar surface area (TPSA) is 12.0 Å². The van der Waals surface area contributed by atoms with Gasteiger partial charge in [-0.1, -0.05) is 30.7 Å². The molecular weight excluding hydrogens is 213 g/mol. The molecule has 0 atom stereocenters. The summed E-state index contributed by atoms with van der Waals surface area (Å²) in [4.78, 5) is 0. The van der Waals surface area contributed by atoms with E-state index in [1.165, 1.54) is 17.7 Å². The van der Waals surface area contributed by atoms with Gasteiger partial charge in [0, 0.05) is 12.1 Å². The molecule has 94 valence electrons. The standard InChI is InChI=1S/C15H22FN/c1-5-12(11-17-15(2,3)4)10-13-6-8-14(16)9-7-13/h6-10,17H,5,11H2,1-4H3. The summed E-state index contributed by atoms with van der Waals surface area (Å²) in [6.07, 6.45) is 3.12. The normalized spacial score (nSPS) is 12.9. The van der Waals surface area contributed by atoms with Crippen LogP contribution in [-0.2, 0) is 0 Å². The van der Waals surface area contributed by atoms with Gasteiger partial charge in [0.05, 0.1) is 0 Å². The zero-order valence-corrected chi connectivity index (χ0v) is 11.2. The summed E-state index contributed by atoms with van der Waals surface area (Å²) >= 11 is 0. The molecule has 0 saturated heterocycles. The van der Waals surface area contributed by atoms with Crippen molar-refractivity contribution in [2.75, 3.05) is 6.54 Å². The van der Waals surface area contributed by atoms with Crippen LogP contribution in [-0.4, -0.2) is 12.1 Å². The van der Waals surface area contributed by atoms with Gasteiger partial charge in [-0.3, -0.25) is 0 Å². The summed E-state index contributed by atoms with van der Waals surface area (Å²) in [6.45, 7) is 9.46. The molecule has 0 heterocycles. The Morgan fingerprint density at radius 1 is 1.24 bits per heavy atom. The molecule has 1 aromatic carbocycles. The van der Waals surface area contributed by atoms with E-state index >= 15 is 0 Å². The maximum atomic E-state index is 12.8. The molecule has 1 aromatic rings. The lowest BCUT2D eigenvalue weighted by Gasteiger charge is -2.21. The van der Waals surface area contributed by atoms with E-state index < -0.39 is 0 Å². The first-order valence-electron chi connectivity index (χ1n) is 6.11. The molecule has 2 heteroatoms. The summed E-state index contributed by atoms with van der Waals surface area (Å²) in [7, 11) is 0. The second-order valence-corrected chi connectivity index (χ2v) is 5.31. The van der Waals surface area contributed by atoms with E-state index in [1.54, 1.807) is 0 Å². The molecule has 0 aliphatic carbocycles. The van der Waals surface area contributed by atoms with E-state index in [-0.39, 0.29) is 11.4 Å². The average molecular weight is 235 g/mol. The summed E-state index contributed by atoms with van der Waals surface area (Å²) < 4.78 is 12.8. The zero-order chi connectivity index (χ0) is 12.9. The Morgan fingerprint density at radius 2 is 1.82 bits per heavy atom. The Labute approximate surface area is 104 Å². The third-order valence-corrected chi connectivity index (χ3v) is 2.54. The van der Waals surface area contributed by atoms with Crippen molar-refractivity contribution in [1.29, 1.82) is 0 Å². The molecule has 0 amide bonds. The fraction of sp³-hybridized carbons (Fsp3) is 0.467. The van der Waals surface area contributed by atoms with Gasteiger partial charge in [-0.05, 0) is 44.9 Å². The molecule has 0 unspecified atom stereocenters. The van der Waals surface area contributed by atoms with Crippen molar-refractivity contribution in [2.45, 2.75) is 39.7 Å². The lowest BCUT2D eigenvalue weighted by Crippen LogP contribution is -2.36. The molecular formula is C15H22FN. The van der Waals surface area contributed by atoms with Gasteiger partial charge in [0.25, 0.3) is 0 Å². The molecule has 17 heavy (non-hydrogen) atoms. The monoisotopic (exact) mass is 235 g/mol. The quantitative estimate of drug-likeness (QED) is 0.831. The highest BCUT2D eigenvalue weighted by Gasteiger charge is 2.08. The third-order valence-electron chi connectivity index (χ3n) is 2.54. The van der Waals surface area contributed by atoms with Crippen molar-refractivity contribution in [3.63, 3.8) is 0 Å². The fourth-order valence-electron chi connectivity index (χ4n) is 1.45. The van der Waals surface area contributed by atoms with Gasteiger partial charge in [-0.15, -0.1) is 0 Å². The highest BCUT2D eigenvalue weighted by Crippen LogP contribution is 2.11. The van der Waals surface area contributed by atoms with E-state index in [4.69, 9.17) is 0 Å². The van der Waals surface area contributed by atoms with Gasteiger partial charge >= 0.3 is 0 Å². The van der Waals surface area contributed by atoms with Crippen molar-refractivity contribution >= 4 is 6.08 Å². The van der Waals surface area contributed by atoms with Crippen LogP contribution in [0.2, 0.25) is 0 Å². The van der Waals surface area contributed by atoms with Crippen LogP contribution in [0.15, 0.2) is 29.8 Å². The van der Waals surface area contributed by atoms with Crippen LogP contribution in [0.1, 0.15) is 39.7 Å². The van der Waals surface area contributed by atoms with Crippen LogP contribution in [0, 0.1) is 5.82 Å². The third kappa shape index (κ3) is 5.64. The second-order valence-electron chi connectivity index (χ2n) is 5.31. The lowest BCUT2D eigenvalue weighted by molar-refractivity contribution is 0.443. The zero-order valence-electron chi connectivity index (χ0n) is 11.2. The molecule has 1 nitrogen and oxygen atoms in total. The molecule has 0 aliphatic rings. The smallest absolute Gasteiger partial charge is 0.123 e. The minimum absolute atomic E-state index is 0.122. The predicted molar refractivity (Wildman–Crippen MR) is 72.4 cm³/mol. The number of rotatable bonds is 4. The van der Waals surface area contributed by atoms with Gasteiger partial charge in [-0.25, -0.2) is 4.39 Å². The van der Waals surface area contributed by atoms with Crippen molar-refractivity contribution in [2.24, 2.45) is 0 Å². The highest BCUT2D eigenvalue weighted by atomic mass is 19.1. The van der Waals surface area contributed by atoms with E-state index in [1.807, 2.05) is 12.1 Å². The van der Waals surface area contributed by atoms with Crippen LogP contribution in [0.5, 0.6) is 0 Å². The van der Waals surface area contributed by atoms with E-state index in [2.05, 4.69) is 39.1 Å². The van der Waals surface area contributed by atoms with Crippen LogP contribution in [0.25, 0.3) is 6.08 Å². The van der Waals surface area contributed by atoms with Gasteiger partial charge in [-0.2, -0.15) is 0 Å². The maximum Gasteiger partial charge on any atom is 0.123 e. The predicted octanol–water partition coefficient (Wildman–Crippen LogP) is 4.01. The Kier molecular flexibility index (Phi) is 4.88. The van der Waals surface area contributed by atoms with Crippen LogP contribution in [0.3, 0.4) is 0 Å². The van der Waals surface area contributed by atoms with E-state index in [0.29, 0.717) is 0 Å². The molecule has 0 bridgehead atoms. The highest BCUT2D eigenvalue weighted by molar-refractivity contribution is 5.53. The minimum atomic E-state index is -0.187. The molecule has 0 spiro atoms. The number of halogens is 1. The molecule has 0 aliphatic heterocycles. The van der Waals surface area contributed by atoms with Crippen molar-refractivity contribution < 1.29 is 4.39 Å².